The summed E-state index contributed by atoms with van der Waals surface area (Å²) in [6, 6.07) is 0. The highest BCUT2D eigenvalue weighted by atomic mass is 31.2. The Balaban J connectivity index is 4.40. The fourth-order valence-corrected chi connectivity index (χ4v) is 6.07. The average molecular weight is 735 g/mol. The highest BCUT2D eigenvalue weighted by Crippen LogP contribution is 2.43. The van der Waals surface area contributed by atoms with Crippen molar-refractivity contribution in [3.8, 4) is 0 Å². The summed E-state index contributed by atoms with van der Waals surface area (Å²) in [4.78, 5) is 45.4. The fourth-order valence-electron chi connectivity index (χ4n) is 5.33. The maximum Gasteiger partial charge on any atom is 0.472 e. The Morgan fingerprint density at radius 1 is 0.700 bits per heavy atom. The maximum atomic E-state index is 12.6. The van der Waals surface area contributed by atoms with Crippen molar-refractivity contribution >= 4 is 26.0 Å². The van der Waals surface area contributed by atoms with Gasteiger partial charge in [0.25, 0.3) is 0 Å². The van der Waals surface area contributed by atoms with E-state index in [2.05, 4.69) is 6.92 Å². The van der Waals surface area contributed by atoms with Crippen LogP contribution in [0.3, 0.4) is 0 Å². The van der Waals surface area contributed by atoms with Gasteiger partial charge in [0, 0.05) is 12.8 Å². The average Bonchev–Trinajstić information content (AvgIpc) is 3.05. The van der Waals surface area contributed by atoms with E-state index in [9.17, 15) is 28.9 Å². The summed E-state index contributed by atoms with van der Waals surface area (Å²) in [6.45, 7) is 2.02. The smallest absolute Gasteiger partial charge is 0.462 e. The predicted molar refractivity (Wildman–Crippen MR) is 199 cm³/mol. The van der Waals surface area contributed by atoms with Crippen molar-refractivity contribution in [1.29, 1.82) is 0 Å². The van der Waals surface area contributed by atoms with E-state index in [1.807, 2.05) is 21.1 Å². The lowest BCUT2D eigenvalue weighted by atomic mass is 10.0. The van der Waals surface area contributed by atoms with Gasteiger partial charge in [-0.05, 0) is 25.3 Å². The molecule has 2 N–H and O–H groups in total. The van der Waals surface area contributed by atoms with E-state index < -0.39 is 38.6 Å². The van der Waals surface area contributed by atoms with E-state index in [-0.39, 0.29) is 26.1 Å². The third-order valence-corrected chi connectivity index (χ3v) is 9.43. The lowest BCUT2D eigenvalue weighted by Gasteiger charge is -2.24. The molecular formula is C38H73NO10P+. The largest absolute Gasteiger partial charge is 0.472 e. The summed E-state index contributed by atoms with van der Waals surface area (Å²) >= 11 is 0. The van der Waals surface area contributed by atoms with Crippen molar-refractivity contribution in [2.75, 3.05) is 47.5 Å². The van der Waals surface area contributed by atoms with Gasteiger partial charge < -0.3 is 24.0 Å². The number of aldehydes is 1. The topological polar surface area (TPSA) is 146 Å². The zero-order chi connectivity index (χ0) is 37.4. The first-order chi connectivity index (χ1) is 23.9. The molecule has 0 bridgehead atoms. The number of allylic oxidation sites excluding steroid dienone is 1. The Kier molecular flexibility index (Phi) is 31.0. The van der Waals surface area contributed by atoms with Gasteiger partial charge in [-0.1, -0.05) is 129 Å². The SMILES string of the molecule is CCCCCCCCCCCCCCCCCC(=O)OC[C@H](COP(=O)(O)OCC[N+](C)(C)C)OC(=O)CCCCCCCC(O)C=CC=O. The minimum atomic E-state index is -4.40. The molecule has 0 heterocycles. The van der Waals surface area contributed by atoms with Gasteiger partial charge in [0.15, 0.2) is 6.10 Å². The van der Waals surface area contributed by atoms with Crippen LogP contribution in [-0.4, -0.2) is 92.4 Å². The molecule has 0 spiro atoms. The predicted octanol–water partition coefficient (Wildman–Crippen LogP) is 8.39. The zero-order valence-corrected chi connectivity index (χ0v) is 32.9. The van der Waals surface area contributed by atoms with Crippen molar-refractivity contribution in [3.05, 3.63) is 12.2 Å². The molecule has 0 aliphatic rings. The van der Waals surface area contributed by atoms with E-state index >= 15 is 0 Å². The quantitative estimate of drug-likeness (QED) is 0.0161. The molecule has 0 aliphatic carbocycles. The fraction of sp³-hybridized carbons (Fsp3) is 0.868. The molecular weight excluding hydrogens is 661 g/mol. The Morgan fingerprint density at radius 3 is 1.68 bits per heavy atom. The van der Waals surface area contributed by atoms with Crippen LogP contribution in [0.1, 0.15) is 155 Å². The van der Waals surface area contributed by atoms with Gasteiger partial charge in [-0.25, -0.2) is 4.57 Å². The number of esters is 2. The van der Waals surface area contributed by atoms with Crippen LogP contribution in [0.15, 0.2) is 12.2 Å². The second kappa shape index (κ2) is 32.1. The number of aliphatic hydroxyl groups excluding tert-OH is 1. The monoisotopic (exact) mass is 734 g/mol. The van der Waals surface area contributed by atoms with Crippen LogP contribution in [0.5, 0.6) is 0 Å². The van der Waals surface area contributed by atoms with Gasteiger partial charge in [0.1, 0.15) is 26.0 Å². The first-order valence-electron chi connectivity index (χ1n) is 19.5. The van der Waals surface area contributed by atoms with Crippen molar-refractivity contribution < 1.29 is 52.0 Å². The van der Waals surface area contributed by atoms with E-state index in [0.717, 1.165) is 44.9 Å². The van der Waals surface area contributed by atoms with Crippen LogP contribution in [0, 0.1) is 0 Å². The molecule has 0 aromatic carbocycles. The summed E-state index contributed by atoms with van der Waals surface area (Å²) in [5.74, 6) is -0.913. The van der Waals surface area contributed by atoms with E-state index in [1.54, 1.807) is 0 Å². The summed E-state index contributed by atoms with van der Waals surface area (Å²) in [5.41, 5.74) is 0. The molecule has 12 heteroatoms. The number of hydrogen-bond donors (Lipinski definition) is 2. The van der Waals surface area contributed by atoms with Crippen molar-refractivity contribution in [3.63, 3.8) is 0 Å². The van der Waals surface area contributed by atoms with Gasteiger partial charge >= 0.3 is 19.8 Å². The Morgan fingerprint density at radius 2 is 1.18 bits per heavy atom. The Labute approximate surface area is 304 Å². The van der Waals surface area contributed by atoms with E-state index in [1.165, 1.54) is 89.2 Å². The molecule has 0 radical (unpaired) electrons. The zero-order valence-electron chi connectivity index (χ0n) is 32.0. The van der Waals surface area contributed by atoms with Crippen LogP contribution in [0.4, 0.5) is 0 Å². The Bertz CT molecular complexity index is 924. The van der Waals surface area contributed by atoms with Crippen LogP contribution in [-0.2, 0) is 37.5 Å². The lowest BCUT2D eigenvalue weighted by molar-refractivity contribution is -0.870. The lowest BCUT2D eigenvalue weighted by Crippen LogP contribution is -2.37. The molecule has 0 rings (SSSR count). The summed E-state index contributed by atoms with van der Waals surface area (Å²) in [7, 11) is 1.38. The van der Waals surface area contributed by atoms with Crippen molar-refractivity contribution in [2.24, 2.45) is 0 Å². The number of unbranched alkanes of at least 4 members (excludes halogenated alkanes) is 18. The number of likely N-dealkylation sites (N-methyl/N-ethyl adjacent to an activating group) is 1. The molecule has 3 atom stereocenters. The number of nitrogens with zero attached hydrogens (tertiary/aromatic N) is 1. The summed E-state index contributed by atoms with van der Waals surface area (Å²) in [6.07, 6.45) is 25.2. The number of ether oxygens (including phenoxy) is 2. The first-order valence-corrected chi connectivity index (χ1v) is 21.0. The molecule has 294 valence electrons. The number of phosphoric acid groups is 1. The van der Waals surface area contributed by atoms with E-state index in [0.29, 0.717) is 30.2 Å². The molecule has 0 aromatic rings. The van der Waals surface area contributed by atoms with Crippen LogP contribution >= 0.6 is 7.82 Å². The normalized spacial score (nSPS) is 14.4. The van der Waals surface area contributed by atoms with Crippen LogP contribution in [0.25, 0.3) is 0 Å². The van der Waals surface area contributed by atoms with E-state index in [4.69, 9.17) is 18.5 Å². The highest BCUT2D eigenvalue weighted by molar-refractivity contribution is 7.47. The third kappa shape index (κ3) is 34.8. The molecule has 0 fully saturated rings. The second-order valence-electron chi connectivity index (χ2n) is 14.5. The van der Waals surface area contributed by atoms with Gasteiger partial charge in [-0.15, -0.1) is 0 Å². The van der Waals surface area contributed by atoms with Crippen molar-refractivity contribution in [1.82, 2.24) is 0 Å². The number of rotatable bonds is 36. The number of aliphatic hydroxyl groups is 1. The third-order valence-electron chi connectivity index (χ3n) is 8.45. The van der Waals surface area contributed by atoms with Crippen molar-refractivity contribution in [2.45, 2.75) is 167 Å². The number of carbonyl (C=O) groups excluding carboxylic acids is 3. The maximum absolute atomic E-state index is 12.6. The molecule has 0 aromatic heterocycles. The van der Waals surface area contributed by atoms with Gasteiger partial charge in [0.05, 0.1) is 33.9 Å². The van der Waals surface area contributed by atoms with Crippen LogP contribution in [0.2, 0.25) is 0 Å². The summed E-state index contributed by atoms with van der Waals surface area (Å²) < 4.78 is 34.0. The molecule has 2 unspecified atom stereocenters. The van der Waals surface area contributed by atoms with Gasteiger partial charge in [-0.3, -0.25) is 23.4 Å². The number of carbonyl (C=O) groups is 3. The standard InChI is InChI=1S/C38H72NO10P/c1-5-6-7-8-9-10-11-12-13-14-15-16-17-20-23-28-37(42)46-33-36(34-48-50(44,45)47-32-30-39(2,3)4)49-38(43)29-24-21-18-19-22-26-35(41)27-25-31-40/h25,27,31,35-36,41H,5-24,26,28-30,32-34H2,1-4H3/p+1/t35?,36-/m1/s1. The minimum Gasteiger partial charge on any atom is -0.462 e. The van der Waals surface area contributed by atoms with Crippen LogP contribution < -0.4 is 0 Å². The molecule has 0 saturated heterocycles. The summed E-state index contributed by atoms with van der Waals surface area (Å²) in [5, 5.41) is 9.73. The molecule has 0 amide bonds. The minimum absolute atomic E-state index is 0.00434. The molecule has 11 nitrogen and oxygen atoms in total. The molecule has 0 aliphatic heterocycles. The number of hydrogen-bond acceptors (Lipinski definition) is 9. The molecule has 0 saturated carbocycles. The number of quaternary nitrogens is 1. The Hall–Kier alpha value is -1.62. The van der Waals surface area contributed by atoms with Gasteiger partial charge in [0.2, 0.25) is 0 Å². The highest BCUT2D eigenvalue weighted by Gasteiger charge is 2.27. The first kappa shape index (κ1) is 48.4. The van der Waals surface area contributed by atoms with Gasteiger partial charge in [-0.2, -0.15) is 0 Å². The number of phosphoric ester groups is 1. The molecule has 50 heavy (non-hydrogen) atoms. The second-order valence-corrected chi connectivity index (χ2v) is 16.0.